The van der Waals surface area contributed by atoms with Crippen molar-refractivity contribution in [3.05, 3.63) is 69.3 Å². The zero-order valence-electron chi connectivity index (χ0n) is 13.7. The first-order valence-corrected chi connectivity index (χ1v) is 7.51. The number of rotatable bonds is 5. The fourth-order valence-corrected chi connectivity index (χ4v) is 2.07. The number of nitrogens with zero attached hydrogens (tertiary/aromatic N) is 1. The molecular weight excluding hydrogens is 326 g/mol. The van der Waals surface area contributed by atoms with Crippen LogP contribution in [0.15, 0.2) is 42.5 Å². The van der Waals surface area contributed by atoms with Gasteiger partial charge in [0.05, 0.1) is 11.5 Å². The zero-order chi connectivity index (χ0) is 18.4. The Balaban J connectivity index is 2.00. The average molecular weight is 343 g/mol. The zero-order valence-corrected chi connectivity index (χ0v) is 13.7. The maximum atomic E-state index is 12.0. The van der Waals surface area contributed by atoms with E-state index < -0.39 is 16.7 Å². The predicted octanol–water partition coefficient (Wildman–Crippen LogP) is 2.38. The molecule has 0 aliphatic heterocycles. The van der Waals surface area contributed by atoms with E-state index in [9.17, 15) is 19.7 Å². The lowest BCUT2D eigenvalue weighted by molar-refractivity contribution is -0.385. The molecule has 8 nitrogen and oxygen atoms in total. The lowest BCUT2D eigenvalue weighted by Crippen LogP contribution is -2.41. The second-order valence-corrected chi connectivity index (χ2v) is 5.12. The number of aryl methyl sites for hydroxylation is 1. The Morgan fingerprint density at radius 3 is 2.16 bits per heavy atom. The minimum absolute atomic E-state index is 0.0734. The van der Waals surface area contributed by atoms with Crippen molar-refractivity contribution >= 4 is 17.5 Å². The molecule has 0 aliphatic rings. The van der Waals surface area contributed by atoms with Crippen LogP contribution >= 0.6 is 0 Å². The van der Waals surface area contributed by atoms with Gasteiger partial charge in [-0.25, -0.2) is 0 Å². The van der Waals surface area contributed by atoms with Gasteiger partial charge >= 0.3 is 0 Å². The fourth-order valence-electron chi connectivity index (χ4n) is 2.07. The molecule has 0 saturated carbocycles. The van der Waals surface area contributed by atoms with Crippen LogP contribution in [0.5, 0.6) is 5.75 Å². The molecule has 2 N–H and O–H groups in total. The fraction of sp³-hybridized carbons (Fsp3) is 0.176. The van der Waals surface area contributed by atoms with Gasteiger partial charge < -0.3 is 4.74 Å². The van der Waals surface area contributed by atoms with Gasteiger partial charge in [0.25, 0.3) is 17.5 Å². The maximum absolute atomic E-state index is 12.0. The predicted molar refractivity (Wildman–Crippen MR) is 90.4 cm³/mol. The Labute approximate surface area is 143 Å². The molecule has 2 amide bonds. The highest BCUT2D eigenvalue weighted by Gasteiger charge is 2.15. The molecule has 2 aromatic carbocycles. The lowest BCUT2D eigenvalue weighted by Gasteiger charge is -2.08. The Morgan fingerprint density at radius 1 is 1.04 bits per heavy atom. The average Bonchev–Trinajstić information content (AvgIpc) is 2.60. The Kier molecular flexibility index (Phi) is 5.67. The summed E-state index contributed by atoms with van der Waals surface area (Å²) in [6, 6.07) is 10.5. The summed E-state index contributed by atoms with van der Waals surface area (Å²) in [6.45, 7) is 3.95. The van der Waals surface area contributed by atoms with Crippen LogP contribution in [-0.2, 0) is 0 Å². The van der Waals surface area contributed by atoms with E-state index in [1.165, 1.54) is 12.1 Å². The number of ether oxygens (including phenoxy) is 1. The van der Waals surface area contributed by atoms with Crippen LogP contribution in [0.25, 0.3) is 0 Å². The van der Waals surface area contributed by atoms with Gasteiger partial charge in [0.1, 0.15) is 5.75 Å². The quantitative estimate of drug-likeness (QED) is 0.639. The highest BCUT2D eigenvalue weighted by molar-refractivity contribution is 5.99. The monoisotopic (exact) mass is 343 g/mol. The molecule has 0 aromatic heterocycles. The molecule has 0 unspecified atom stereocenters. The Hall–Kier alpha value is -3.42. The molecule has 8 heteroatoms. The van der Waals surface area contributed by atoms with Crippen molar-refractivity contribution in [1.29, 1.82) is 0 Å². The van der Waals surface area contributed by atoms with Crippen molar-refractivity contribution in [3.63, 3.8) is 0 Å². The first-order chi connectivity index (χ1) is 11.9. The number of nitrogens with one attached hydrogen (secondary N) is 2. The summed E-state index contributed by atoms with van der Waals surface area (Å²) in [6.07, 6.45) is 0. The summed E-state index contributed by atoms with van der Waals surface area (Å²) >= 11 is 0. The third-order valence-electron chi connectivity index (χ3n) is 3.39. The first-order valence-electron chi connectivity index (χ1n) is 7.51. The molecule has 0 atom stereocenters. The van der Waals surface area contributed by atoms with Crippen molar-refractivity contribution < 1.29 is 19.2 Å². The molecule has 0 bridgehead atoms. The van der Waals surface area contributed by atoms with Crippen molar-refractivity contribution in [2.24, 2.45) is 0 Å². The van der Waals surface area contributed by atoms with Gasteiger partial charge in [-0.05, 0) is 44.2 Å². The van der Waals surface area contributed by atoms with Gasteiger partial charge in [0, 0.05) is 22.8 Å². The van der Waals surface area contributed by atoms with E-state index in [-0.39, 0.29) is 11.3 Å². The molecule has 0 heterocycles. The van der Waals surface area contributed by atoms with Crippen LogP contribution < -0.4 is 15.6 Å². The summed E-state index contributed by atoms with van der Waals surface area (Å²) in [7, 11) is 0. The summed E-state index contributed by atoms with van der Waals surface area (Å²) in [5, 5.41) is 10.9. The normalized spacial score (nSPS) is 10.0. The van der Waals surface area contributed by atoms with Crippen LogP contribution in [0.4, 0.5) is 5.69 Å². The number of hydrogen-bond acceptors (Lipinski definition) is 5. The highest BCUT2D eigenvalue weighted by Crippen LogP contribution is 2.19. The standard InChI is InChI=1S/C17H17N3O5/c1-3-25-14-8-6-12(7-9-14)16(21)18-19-17(22)13-5-4-11(2)15(10-13)20(23)24/h4-10H,3H2,1-2H3,(H,18,21)(H,19,22). The smallest absolute Gasteiger partial charge is 0.273 e. The van der Waals surface area contributed by atoms with Crippen molar-refractivity contribution in [3.8, 4) is 5.75 Å². The van der Waals surface area contributed by atoms with E-state index in [0.29, 0.717) is 23.5 Å². The topological polar surface area (TPSA) is 111 Å². The van der Waals surface area contributed by atoms with Crippen LogP contribution in [0.2, 0.25) is 0 Å². The molecule has 0 aliphatic carbocycles. The van der Waals surface area contributed by atoms with Crippen molar-refractivity contribution in [1.82, 2.24) is 10.9 Å². The number of hydrazine groups is 1. The second-order valence-electron chi connectivity index (χ2n) is 5.12. The Bertz CT molecular complexity index is 802. The summed E-state index contributed by atoms with van der Waals surface area (Å²) in [4.78, 5) is 34.4. The lowest BCUT2D eigenvalue weighted by atomic mass is 10.1. The van der Waals surface area contributed by atoms with Gasteiger partial charge in [-0.3, -0.25) is 30.6 Å². The van der Waals surface area contributed by atoms with E-state index in [4.69, 9.17) is 4.74 Å². The minimum Gasteiger partial charge on any atom is -0.494 e. The summed E-state index contributed by atoms with van der Waals surface area (Å²) < 4.78 is 5.28. The maximum Gasteiger partial charge on any atom is 0.273 e. The van der Waals surface area contributed by atoms with Crippen molar-refractivity contribution in [2.75, 3.05) is 6.61 Å². The second kappa shape index (κ2) is 7.91. The first kappa shape index (κ1) is 17.9. The van der Waals surface area contributed by atoms with E-state index >= 15 is 0 Å². The SMILES string of the molecule is CCOc1ccc(C(=O)NNC(=O)c2ccc(C)c([N+](=O)[O-])c2)cc1. The number of carbonyl (C=O) groups is 2. The third kappa shape index (κ3) is 4.54. The van der Waals surface area contributed by atoms with Gasteiger partial charge in [0.2, 0.25) is 0 Å². The van der Waals surface area contributed by atoms with Gasteiger partial charge in [-0.1, -0.05) is 6.07 Å². The molecule has 0 radical (unpaired) electrons. The molecule has 25 heavy (non-hydrogen) atoms. The Morgan fingerprint density at radius 2 is 1.60 bits per heavy atom. The number of nitro benzene ring substituents is 1. The van der Waals surface area contributed by atoms with E-state index in [2.05, 4.69) is 10.9 Å². The molecule has 2 aromatic rings. The largest absolute Gasteiger partial charge is 0.494 e. The van der Waals surface area contributed by atoms with E-state index in [1.807, 2.05) is 6.92 Å². The van der Waals surface area contributed by atoms with Gasteiger partial charge in [0.15, 0.2) is 0 Å². The molecular formula is C17H17N3O5. The number of amides is 2. The summed E-state index contributed by atoms with van der Waals surface area (Å²) in [5.41, 5.74) is 5.18. The molecule has 0 spiro atoms. The number of nitro groups is 1. The van der Waals surface area contributed by atoms with Gasteiger partial charge in [-0.15, -0.1) is 0 Å². The van der Waals surface area contributed by atoms with E-state index in [0.717, 1.165) is 6.07 Å². The number of carbonyl (C=O) groups excluding carboxylic acids is 2. The summed E-state index contributed by atoms with van der Waals surface area (Å²) in [5.74, 6) is -0.532. The number of benzene rings is 2. The van der Waals surface area contributed by atoms with Gasteiger partial charge in [-0.2, -0.15) is 0 Å². The van der Waals surface area contributed by atoms with Crippen LogP contribution in [-0.4, -0.2) is 23.3 Å². The number of hydrogen-bond donors (Lipinski definition) is 2. The van der Waals surface area contributed by atoms with E-state index in [1.54, 1.807) is 31.2 Å². The van der Waals surface area contributed by atoms with Crippen molar-refractivity contribution in [2.45, 2.75) is 13.8 Å². The highest BCUT2D eigenvalue weighted by atomic mass is 16.6. The molecule has 0 fully saturated rings. The molecule has 2 rings (SSSR count). The van der Waals surface area contributed by atoms with Crippen LogP contribution in [0.1, 0.15) is 33.2 Å². The minimum atomic E-state index is -0.651. The van der Waals surface area contributed by atoms with Crippen LogP contribution in [0, 0.1) is 17.0 Å². The molecule has 130 valence electrons. The van der Waals surface area contributed by atoms with Crippen LogP contribution in [0.3, 0.4) is 0 Å². The third-order valence-corrected chi connectivity index (χ3v) is 3.39. The molecule has 0 saturated heterocycles.